The molecule has 0 saturated carbocycles. The van der Waals surface area contributed by atoms with Gasteiger partial charge in [0.2, 0.25) is 0 Å². The van der Waals surface area contributed by atoms with Crippen molar-refractivity contribution in [3.8, 4) is 0 Å². The number of esters is 1. The second kappa shape index (κ2) is 10.8. The van der Waals surface area contributed by atoms with Crippen LogP contribution in [0.2, 0.25) is 0 Å². The molecular weight excluding hydrogens is 314 g/mol. The Morgan fingerprint density at radius 2 is 1.92 bits per heavy atom. The fraction of sp³-hybridized carbons (Fsp3) is 0.353. The van der Waals surface area contributed by atoms with E-state index < -0.39 is 24.1 Å². The zero-order valence-electron chi connectivity index (χ0n) is 13.4. The van der Waals surface area contributed by atoms with E-state index in [-0.39, 0.29) is 19.6 Å². The number of carboxylic acid groups (broad SMARTS) is 1. The Kier molecular flexibility index (Phi) is 8.67. The second-order valence-electron chi connectivity index (χ2n) is 4.83. The van der Waals surface area contributed by atoms with Gasteiger partial charge in [0.1, 0.15) is 12.6 Å². The van der Waals surface area contributed by atoms with E-state index >= 15 is 0 Å². The molecule has 7 nitrogen and oxygen atoms in total. The summed E-state index contributed by atoms with van der Waals surface area (Å²) in [5.74, 6) is -1.66. The number of carbonyl (C=O) groups excluding carboxylic acids is 2. The van der Waals surface area contributed by atoms with E-state index in [9.17, 15) is 14.4 Å². The minimum Gasteiger partial charge on any atom is -0.480 e. The molecular formula is C17H21NO6. The van der Waals surface area contributed by atoms with E-state index in [0.29, 0.717) is 6.42 Å². The highest BCUT2D eigenvalue weighted by atomic mass is 16.5. The van der Waals surface area contributed by atoms with Gasteiger partial charge in [-0.1, -0.05) is 36.4 Å². The van der Waals surface area contributed by atoms with Gasteiger partial charge in [-0.2, -0.15) is 0 Å². The van der Waals surface area contributed by atoms with Gasteiger partial charge in [0.05, 0.1) is 6.61 Å². The normalized spacial score (nSPS) is 11.7. The standard InChI is InChI=1S/C17H21NO6/c1-2-23-15(19)11-7-6-10-14(16(20)21)18-17(22)24-12-13-8-4-3-5-9-13/h3-5,7-9,11,14H,2,6,10,12H2,1H3,(H,18,22)(H,20,21)/t14-/m0/s1. The number of benzene rings is 1. The van der Waals surface area contributed by atoms with Gasteiger partial charge in [-0.05, 0) is 25.3 Å². The number of hydrogen-bond acceptors (Lipinski definition) is 5. The largest absolute Gasteiger partial charge is 0.480 e. The van der Waals surface area contributed by atoms with Crippen LogP contribution in [0.1, 0.15) is 25.3 Å². The summed E-state index contributed by atoms with van der Waals surface area (Å²) >= 11 is 0. The zero-order chi connectivity index (χ0) is 17.8. The SMILES string of the molecule is CCOC(=O)C=CCC[C@H](NC(=O)OCc1ccccc1)C(=O)O. The van der Waals surface area contributed by atoms with Crippen LogP contribution < -0.4 is 5.32 Å². The first-order valence-corrected chi connectivity index (χ1v) is 7.56. The summed E-state index contributed by atoms with van der Waals surface area (Å²) < 4.78 is 9.68. The summed E-state index contributed by atoms with van der Waals surface area (Å²) in [6.07, 6.45) is 2.36. The predicted molar refractivity (Wildman–Crippen MR) is 86.2 cm³/mol. The fourth-order valence-electron chi connectivity index (χ4n) is 1.80. The molecule has 24 heavy (non-hydrogen) atoms. The van der Waals surface area contributed by atoms with Gasteiger partial charge >= 0.3 is 18.0 Å². The number of rotatable bonds is 9. The number of carbonyl (C=O) groups is 3. The molecule has 1 aromatic carbocycles. The van der Waals surface area contributed by atoms with Crippen molar-refractivity contribution in [2.45, 2.75) is 32.4 Å². The molecule has 130 valence electrons. The monoisotopic (exact) mass is 335 g/mol. The van der Waals surface area contributed by atoms with Crippen molar-refractivity contribution >= 4 is 18.0 Å². The maximum Gasteiger partial charge on any atom is 0.408 e. The molecule has 7 heteroatoms. The minimum absolute atomic E-state index is 0.0573. The van der Waals surface area contributed by atoms with Gasteiger partial charge in [-0.3, -0.25) is 0 Å². The van der Waals surface area contributed by atoms with E-state index in [1.807, 2.05) is 18.2 Å². The summed E-state index contributed by atoms with van der Waals surface area (Å²) in [4.78, 5) is 33.9. The van der Waals surface area contributed by atoms with E-state index in [4.69, 9.17) is 14.6 Å². The van der Waals surface area contributed by atoms with E-state index in [1.165, 1.54) is 12.2 Å². The molecule has 0 aliphatic heterocycles. The number of hydrogen-bond donors (Lipinski definition) is 2. The number of amides is 1. The Morgan fingerprint density at radius 1 is 1.21 bits per heavy atom. The second-order valence-corrected chi connectivity index (χ2v) is 4.83. The van der Waals surface area contributed by atoms with Crippen molar-refractivity contribution in [2.24, 2.45) is 0 Å². The maximum absolute atomic E-state index is 11.7. The number of aliphatic carboxylic acids is 1. The first-order chi connectivity index (χ1) is 11.5. The van der Waals surface area contributed by atoms with Crippen LogP contribution in [0.4, 0.5) is 4.79 Å². The maximum atomic E-state index is 11.7. The average Bonchev–Trinajstić information content (AvgIpc) is 2.56. The molecule has 2 N–H and O–H groups in total. The Hall–Kier alpha value is -2.83. The highest BCUT2D eigenvalue weighted by molar-refractivity contribution is 5.82. The lowest BCUT2D eigenvalue weighted by molar-refractivity contribution is -0.139. The van der Waals surface area contributed by atoms with Crippen LogP contribution in [0.25, 0.3) is 0 Å². The first-order valence-electron chi connectivity index (χ1n) is 7.56. The van der Waals surface area contributed by atoms with Crippen LogP contribution in [0.15, 0.2) is 42.5 Å². The molecule has 1 atom stereocenters. The van der Waals surface area contributed by atoms with Crippen molar-refractivity contribution < 1.29 is 29.0 Å². The van der Waals surface area contributed by atoms with Gasteiger partial charge in [0.25, 0.3) is 0 Å². The molecule has 1 aromatic rings. The summed E-state index contributed by atoms with van der Waals surface area (Å²) in [5, 5.41) is 11.4. The highest BCUT2D eigenvalue weighted by Crippen LogP contribution is 2.03. The summed E-state index contributed by atoms with van der Waals surface area (Å²) in [6.45, 7) is 2.02. The molecule has 1 amide bonds. The lowest BCUT2D eigenvalue weighted by atomic mass is 10.1. The molecule has 0 unspecified atom stereocenters. The smallest absolute Gasteiger partial charge is 0.408 e. The highest BCUT2D eigenvalue weighted by Gasteiger charge is 2.19. The van der Waals surface area contributed by atoms with Gasteiger partial charge in [0.15, 0.2) is 0 Å². The van der Waals surface area contributed by atoms with Crippen LogP contribution in [0, 0.1) is 0 Å². The quantitative estimate of drug-likeness (QED) is 0.530. The fourth-order valence-corrected chi connectivity index (χ4v) is 1.80. The van der Waals surface area contributed by atoms with Crippen LogP contribution >= 0.6 is 0 Å². The molecule has 0 heterocycles. The Bertz CT molecular complexity index is 570. The molecule has 0 aliphatic rings. The van der Waals surface area contributed by atoms with E-state index in [1.54, 1.807) is 19.1 Å². The van der Waals surface area contributed by atoms with Gasteiger partial charge in [-0.15, -0.1) is 0 Å². The van der Waals surface area contributed by atoms with Crippen molar-refractivity contribution in [2.75, 3.05) is 6.61 Å². The molecule has 0 radical (unpaired) electrons. The number of alkyl carbamates (subject to hydrolysis) is 1. The first kappa shape index (κ1) is 19.2. The van der Waals surface area contributed by atoms with Gasteiger partial charge < -0.3 is 19.9 Å². The number of ether oxygens (including phenoxy) is 2. The molecule has 0 bridgehead atoms. The topological polar surface area (TPSA) is 102 Å². The molecule has 0 spiro atoms. The third kappa shape index (κ3) is 7.98. The number of nitrogens with one attached hydrogen (secondary N) is 1. The van der Waals surface area contributed by atoms with Crippen molar-refractivity contribution in [1.82, 2.24) is 5.32 Å². The Balaban J connectivity index is 2.38. The molecule has 0 aromatic heterocycles. The Morgan fingerprint density at radius 3 is 2.54 bits per heavy atom. The zero-order valence-corrected chi connectivity index (χ0v) is 13.4. The van der Waals surface area contributed by atoms with Gasteiger partial charge in [-0.25, -0.2) is 14.4 Å². The third-order valence-corrected chi connectivity index (χ3v) is 2.97. The molecule has 0 saturated heterocycles. The van der Waals surface area contributed by atoms with Crippen molar-refractivity contribution in [3.05, 3.63) is 48.0 Å². The van der Waals surface area contributed by atoms with Crippen LogP contribution in [-0.4, -0.2) is 35.8 Å². The van der Waals surface area contributed by atoms with Crippen LogP contribution in [0.3, 0.4) is 0 Å². The number of carboxylic acids is 1. The van der Waals surface area contributed by atoms with E-state index in [2.05, 4.69) is 5.32 Å². The third-order valence-electron chi connectivity index (χ3n) is 2.97. The van der Waals surface area contributed by atoms with E-state index in [0.717, 1.165) is 5.56 Å². The molecule has 1 rings (SSSR count). The lowest BCUT2D eigenvalue weighted by Crippen LogP contribution is -2.40. The Labute approximate surface area is 140 Å². The number of allylic oxidation sites excluding steroid dienone is 1. The predicted octanol–water partition coefficient (Wildman–Crippen LogP) is 2.27. The molecule has 0 fully saturated rings. The minimum atomic E-state index is -1.17. The lowest BCUT2D eigenvalue weighted by Gasteiger charge is -2.13. The summed E-state index contributed by atoms with van der Waals surface area (Å²) in [6, 6.07) is 7.96. The van der Waals surface area contributed by atoms with Crippen LogP contribution in [-0.2, 0) is 25.7 Å². The van der Waals surface area contributed by atoms with Gasteiger partial charge in [0, 0.05) is 6.08 Å². The molecule has 0 aliphatic carbocycles. The summed E-state index contributed by atoms with van der Waals surface area (Å²) in [5.41, 5.74) is 0.803. The van der Waals surface area contributed by atoms with Crippen molar-refractivity contribution in [3.63, 3.8) is 0 Å². The summed E-state index contributed by atoms with van der Waals surface area (Å²) in [7, 11) is 0. The van der Waals surface area contributed by atoms with Crippen LogP contribution in [0.5, 0.6) is 0 Å². The average molecular weight is 335 g/mol. The van der Waals surface area contributed by atoms with Crippen molar-refractivity contribution in [1.29, 1.82) is 0 Å².